The number of aryl methyl sites for hydroxylation is 2. The predicted octanol–water partition coefficient (Wildman–Crippen LogP) is 4.50. The fourth-order valence-electron chi connectivity index (χ4n) is 1.60. The monoisotopic (exact) mass is 256 g/mol. The highest BCUT2D eigenvalue weighted by Crippen LogP contribution is 2.32. The van der Waals surface area contributed by atoms with E-state index < -0.39 is 17.0 Å². The highest BCUT2D eigenvalue weighted by Gasteiger charge is 2.20. The quantitative estimate of drug-likeness (QED) is 0.721. The summed E-state index contributed by atoms with van der Waals surface area (Å²) < 4.78 is 32.4. The summed E-state index contributed by atoms with van der Waals surface area (Å²) in [4.78, 5) is 0. The maximum atomic E-state index is 13.7. The Bertz CT molecular complexity index is 548. The van der Waals surface area contributed by atoms with Gasteiger partial charge in [0.05, 0.1) is 0 Å². The molecule has 4 heteroatoms. The molecular formula is C13H11ClF2O. The van der Waals surface area contributed by atoms with Gasteiger partial charge < -0.3 is 4.42 Å². The molecule has 0 fully saturated rings. The van der Waals surface area contributed by atoms with Gasteiger partial charge >= 0.3 is 0 Å². The summed E-state index contributed by atoms with van der Waals surface area (Å²) in [5.41, 5.74) is 0.342. The van der Waals surface area contributed by atoms with Crippen molar-refractivity contribution in [1.82, 2.24) is 0 Å². The summed E-state index contributed by atoms with van der Waals surface area (Å²) in [5.74, 6) is 0.0817. The van der Waals surface area contributed by atoms with Crippen LogP contribution in [0.2, 0.25) is 0 Å². The second kappa shape index (κ2) is 4.49. The summed E-state index contributed by atoms with van der Waals surface area (Å²) in [7, 11) is 0. The van der Waals surface area contributed by atoms with Crippen LogP contribution in [0, 0.1) is 25.5 Å². The average Bonchev–Trinajstić information content (AvgIpc) is 2.69. The molecule has 1 unspecified atom stereocenters. The van der Waals surface area contributed by atoms with Gasteiger partial charge in [-0.3, -0.25) is 0 Å². The van der Waals surface area contributed by atoms with Crippen molar-refractivity contribution in [2.45, 2.75) is 19.2 Å². The van der Waals surface area contributed by atoms with Gasteiger partial charge in [0.1, 0.15) is 28.5 Å². The molecule has 1 atom stereocenters. The fourth-order valence-corrected chi connectivity index (χ4v) is 1.88. The minimum atomic E-state index is -0.821. The van der Waals surface area contributed by atoms with Gasteiger partial charge in [-0.05, 0) is 43.7 Å². The molecule has 2 aromatic rings. The Morgan fingerprint density at radius 3 is 2.41 bits per heavy atom. The van der Waals surface area contributed by atoms with Gasteiger partial charge in [0.25, 0.3) is 0 Å². The number of rotatable bonds is 2. The topological polar surface area (TPSA) is 13.1 Å². The Kier molecular flexibility index (Phi) is 3.20. The third kappa shape index (κ3) is 2.34. The molecule has 0 bridgehead atoms. The van der Waals surface area contributed by atoms with Crippen LogP contribution in [0.15, 0.2) is 28.7 Å². The Labute approximate surface area is 103 Å². The molecule has 1 heterocycles. The molecule has 0 amide bonds. The maximum absolute atomic E-state index is 13.7. The molecule has 0 aliphatic heterocycles. The smallest absolute Gasteiger partial charge is 0.128 e. The lowest BCUT2D eigenvalue weighted by molar-refractivity contribution is 0.483. The normalized spacial score (nSPS) is 12.8. The molecule has 0 aliphatic carbocycles. The standard InChI is InChI=1S/C13H11ClF2O/c1-7-5-11(16)9(6-10(7)15)13(14)12-4-3-8(2)17-12/h3-6,13H,1-2H3. The Balaban J connectivity index is 2.43. The summed E-state index contributed by atoms with van der Waals surface area (Å²) in [5, 5.41) is -0.821. The van der Waals surface area contributed by atoms with Gasteiger partial charge in [-0.2, -0.15) is 0 Å². The molecule has 2 rings (SSSR count). The van der Waals surface area contributed by atoms with Crippen molar-refractivity contribution >= 4 is 11.6 Å². The van der Waals surface area contributed by atoms with Crippen LogP contribution in [-0.2, 0) is 0 Å². The summed E-state index contributed by atoms with van der Waals surface area (Å²) in [6.07, 6.45) is 0. The van der Waals surface area contributed by atoms with E-state index in [1.165, 1.54) is 6.92 Å². The third-order valence-electron chi connectivity index (χ3n) is 2.56. The maximum Gasteiger partial charge on any atom is 0.128 e. The van der Waals surface area contributed by atoms with Crippen molar-refractivity contribution in [3.63, 3.8) is 0 Å². The third-order valence-corrected chi connectivity index (χ3v) is 3.01. The van der Waals surface area contributed by atoms with Crippen LogP contribution < -0.4 is 0 Å². The highest BCUT2D eigenvalue weighted by atomic mass is 35.5. The van der Waals surface area contributed by atoms with E-state index in [-0.39, 0.29) is 11.1 Å². The molecule has 0 saturated heterocycles. The highest BCUT2D eigenvalue weighted by molar-refractivity contribution is 6.22. The first-order chi connectivity index (χ1) is 7.99. The van der Waals surface area contributed by atoms with E-state index in [1.807, 2.05) is 0 Å². The van der Waals surface area contributed by atoms with Crippen LogP contribution in [0.1, 0.15) is 28.0 Å². The molecular weight excluding hydrogens is 246 g/mol. The number of halogens is 3. The zero-order chi connectivity index (χ0) is 12.6. The minimum absolute atomic E-state index is 0.0871. The van der Waals surface area contributed by atoms with Gasteiger partial charge in [-0.1, -0.05) is 0 Å². The van der Waals surface area contributed by atoms with Crippen LogP contribution in [0.3, 0.4) is 0 Å². The molecule has 90 valence electrons. The van der Waals surface area contributed by atoms with Crippen LogP contribution in [-0.4, -0.2) is 0 Å². The van der Waals surface area contributed by atoms with Gasteiger partial charge in [0.15, 0.2) is 0 Å². The van der Waals surface area contributed by atoms with E-state index in [2.05, 4.69) is 0 Å². The van der Waals surface area contributed by atoms with Crippen LogP contribution in [0.4, 0.5) is 8.78 Å². The van der Waals surface area contributed by atoms with Crippen molar-refractivity contribution in [2.24, 2.45) is 0 Å². The zero-order valence-corrected chi connectivity index (χ0v) is 10.2. The number of alkyl halides is 1. The van der Waals surface area contributed by atoms with Crippen molar-refractivity contribution in [1.29, 1.82) is 0 Å². The molecule has 0 spiro atoms. The Morgan fingerprint density at radius 1 is 1.12 bits per heavy atom. The van der Waals surface area contributed by atoms with Gasteiger partial charge in [-0.15, -0.1) is 11.6 Å². The van der Waals surface area contributed by atoms with Crippen LogP contribution in [0.25, 0.3) is 0 Å². The largest absolute Gasteiger partial charge is 0.464 e. The van der Waals surface area contributed by atoms with E-state index in [0.29, 0.717) is 11.5 Å². The van der Waals surface area contributed by atoms with Crippen molar-refractivity contribution < 1.29 is 13.2 Å². The number of hydrogen-bond acceptors (Lipinski definition) is 1. The Hall–Kier alpha value is -1.35. The number of benzene rings is 1. The SMILES string of the molecule is Cc1ccc(C(Cl)c2cc(F)c(C)cc2F)o1. The molecule has 17 heavy (non-hydrogen) atoms. The van der Waals surface area contributed by atoms with E-state index >= 15 is 0 Å². The molecule has 0 aliphatic rings. The van der Waals surface area contributed by atoms with Crippen LogP contribution >= 0.6 is 11.6 Å². The molecule has 1 nitrogen and oxygen atoms in total. The number of furan rings is 1. The van der Waals surface area contributed by atoms with E-state index in [9.17, 15) is 8.78 Å². The molecule has 0 radical (unpaired) electrons. The second-order valence-electron chi connectivity index (χ2n) is 3.93. The lowest BCUT2D eigenvalue weighted by Gasteiger charge is -2.09. The first kappa shape index (κ1) is 12.1. The van der Waals surface area contributed by atoms with Crippen LogP contribution in [0.5, 0.6) is 0 Å². The molecule has 0 N–H and O–H groups in total. The second-order valence-corrected chi connectivity index (χ2v) is 4.37. The fraction of sp³-hybridized carbons (Fsp3) is 0.231. The molecule has 1 aromatic heterocycles. The van der Waals surface area contributed by atoms with E-state index in [1.54, 1.807) is 19.1 Å². The van der Waals surface area contributed by atoms with Crippen molar-refractivity contribution in [3.8, 4) is 0 Å². The van der Waals surface area contributed by atoms with E-state index in [4.69, 9.17) is 16.0 Å². The average molecular weight is 257 g/mol. The first-order valence-electron chi connectivity index (χ1n) is 5.15. The van der Waals surface area contributed by atoms with Crippen molar-refractivity contribution in [3.05, 3.63) is 58.5 Å². The van der Waals surface area contributed by atoms with Gasteiger partial charge in [0.2, 0.25) is 0 Å². The summed E-state index contributed by atoms with van der Waals surface area (Å²) >= 11 is 6.07. The lowest BCUT2D eigenvalue weighted by Crippen LogP contribution is -1.98. The van der Waals surface area contributed by atoms with E-state index in [0.717, 1.165) is 12.1 Å². The Morgan fingerprint density at radius 2 is 1.82 bits per heavy atom. The minimum Gasteiger partial charge on any atom is -0.464 e. The summed E-state index contributed by atoms with van der Waals surface area (Å²) in [6.45, 7) is 3.27. The summed E-state index contributed by atoms with van der Waals surface area (Å²) in [6, 6.07) is 5.63. The molecule has 1 aromatic carbocycles. The first-order valence-corrected chi connectivity index (χ1v) is 5.58. The predicted molar refractivity (Wildman–Crippen MR) is 62.2 cm³/mol. The number of hydrogen-bond donors (Lipinski definition) is 0. The van der Waals surface area contributed by atoms with Gasteiger partial charge in [-0.25, -0.2) is 8.78 Å². The van der Waals surface area contributed by atoms with Gasteiger partial charge in [0, 0.05) is 5.56 Å². The van der Waals surface area contributed by atoms with Crippen molar-refractivity contribution in [2.75, 3.05) is 0 Å². The zero-order valence-electron chi connectivity index (χ0n) is 9.43. The molecule has 0 saturated carbocycles. The lowest BCUT2D eigenvalue weighted by atomic mass is 10.1.